The summed E-state index contributed by atoms with van der Waals surface area (Å²) >= 11 is 7.92. The SMILES string of the molecule is COCCNCc1ccccc1Sc1ccccc1Cl. The molecule has 0 heterocycles. The summed E-state index contributed by atoms with van der Waals surface area (Å²) in [6, 6.07) is 16.3. The summed E-state index contributed by atoms with van der Waals surface area (Å²) in [4.78, 5) is 2.31. The molecule has 1 N–H and O–H groups in total. The molecule has 0 amide bonds. The highest BCUT2D eigenvalue weighted by atomic mass is 35.5. The van der Waals surface area contributed by atoms with Gasteiger partial charge in [0.15, 0.2) is 0 Å². The molecule has 0 atom stereocenters. The molecule has 2 nitrogen and oxygen atoms in total. The summed E-state index contributed by atoms with van der Waals surface area (Å²) in [7, 11) is 1.71. The van der Waals surface area contributed by atoms with Gasteiger partial charge in [-0.3, -0.25) is 0 Å². The van der Waals surface area contributed by atoms with Crippen LogP contribution in [0.4, 0.5) is 0 Å². The van der Waals surface area contributed by atoms with Gasteiger partial charge in [-0.15, -0.1) is 0 Å². The molecule has 0 aromatic heterocycles. The van der Waals surface area contributed by atoms with Crippen LogP contribution in [0.5, 0.6) is 0 Å². The van der Waals surface area contributed by atoms with Crippen molar-refractivity contribution in [2.45, 2.75) is 16.3 Å². The van der Waals surface area contributed by atoms with Gasteiger partial charge in [0.2, 0.25) is 0 Å². The number of ether oxygens (including phenoxy) is 1. The fourth-order valence-electron chi connectivity index (χ4n) is 1.79. The summed E-state index contributed by atoms with van der Waals surface area (Å²) < 4.78 is 5.04. The van der Waals surface area contributed by atoms with Crippen LogP contribution in [0, 0.1) is 0 Å². The second kappa shape index (κ2) is 8.32. The maximum Gasteiger partial charge on any atom is 0.0587 e. The van der Waals surface area contributed by atoms with Crippen molar-refractivity contribution in [3.8, 4) is 0 Å². The van der Waals surface area contributed by atoms with Gasteiger partial charge in [-0.05, 0) is 23.8 Å². The molecule has 0 spiro atoms. The minimum atomic E-state index is 0.722. The number of rotatable bonds is 7. The fourth-order valence-corrected chi connectivity index (χ4v) is 3.01. The molecular weight excluding hydrogens is 290 g/mol. The third-order valence-corrected chi connectivity index (χ3v) is 4.46. The molecule has 0 saturated heterocycles. The largest absolute Gasteiger partial charge is 0.383 e. The molecule has 20 heavy (non-hydrogen) atoms. The molecule has 2 rings (SSSR count). The summed E-state index contributed by atoms with van der Waals surface area (Å²) in [6.07, 6.45) is 0. The van der Waals surface area contributed by atoms with Gasteiger partial charge in [-0.2, -0.15) is 0 Å². The van der Waals surface area contributed by atoms with Crippen molar-refractivity contribution in [2.75, 3.05) is 20.3 Å². The highest BCUT2D eigenvalue weighted by Crippen LogP contribution is 2.34. The predicted octanol–water partition coefficient (Wildman–Crippen LogP) is 4.23. The van der Waals surface area contributed by atoms with Gasteiger partial charge in [0.25, 0.3) is 0 Å². The Labute approximate surface area is 129 Å². The van der Waals surface area contributed by atoms with Gasteiger partial charge in [-0.1, -0.05) is 53.7 Å². The van der Waals surface area contributed by atoms with Crippen LogP contribution < -0.4 is 5.32 Å². The minimum Gasteiger partial charge on any atom is -0.383 e. The van der Waals surface area contributed by atoms with Gasteiger partial charge in [0.1, 0.15) is 0 Å². The van der Waals surface area contributed by atoms with E-state index in [4.69, 9.17) is 16.3 Å². The first-order valence-corrected chi connectivity index (χ1v) is 7.70. The first-order valence-electron chi connectivity index (χ1n) is 6.51. The lowest BCUT2D eigenvalue weighted by Gasteiger charge is -2.11. The quantitative estimate of drug-likeness (QED) is 0.774. The molecule has 0 radical (unpaired) electrons. The third-order valence-electron chi connectivity index (χ3n) is 2.83. The van der Waals surface area contributed by atoms with E-state index >= 15 is 0 Å². The number of halogens is 1. The van der Waals surface area contributed by atoms with Crippen LogP contribution >= 0.6 is 23.4 Å². The highest BCUT2D eigenvalue weighted by Gasteiger charge is 2.06. The molecule has 106 valence electrons. The van der Waals surface area contributed by atoms with Gasteiger partial charge >= 0.3 is 0 Å². The Kier molecular flexibility index (Phi) is 6.40. The summed E-state index contributed by atoms with van der Waals surface area (Å²) in [5.74, 6) is 0. The third kappa shape index (κ3) is 4.53. The van der Waals surface area contributed by atoms with Crippen molar-refractivity contribution in [1.29, 1.82) is 0 Å². The first kappa shape index (κ1) is 15.4. The standard InChI is InChI=1S/C16H18ClNOS/c1-19-11-10-18-12-13-6-2-4-8-15(13)20-16-9-5-3-7-14(16)17/h2-9,18H,10-12H2,1H3. The van der Waals surface area contributed by atoms with Gasteiger partial charge < -0.3 is 10.1 Å². The van der Waals surface area contributed by atoms with E-state index in [0.29, 0.717) is 0 Å². The lowest BCUT2D eigenvalue weighted by Crippen LogP contribution is -2.18. The second-order valence-electron chi connectivity index (χ2n) is 4.31. The van der Waals surface area contributed by atoms with E-state index in [9.17, 15) is 0 Å². The number of benzene rings is 2. The van der Waals surface area contributed by atoms with E-state index in [1.54, 1.807) is 18.9 Å². The topological polar surface area (TPSA) is 21.3 Å². The zero-order valence-corrected chi connectivity index (χ0v) is 13.0. The van der Waals surface area contributed by atoms with E-state index in [-0.39, 0.29) is 0 Å². The van der Waals surface area contributed by atoms with Crippen molar-refractivity contribution in [3.05, 3.63) is 59.1 Å². The van der Waals surface area contributed by atoms with E-state index in [1.807, 2.05) is 24.3 Å². The maximum absolute atomic E-state index is 6.22. The average Bonchev–Trinajstić information content (AvgIpc) is 2.47. The zero-order chi connectivity index (χ0) is 14.2. The Morgan fingerprint density at radius 3 is 2.50 bits per heavy atom. The van der Waals surface area contributed by atoms with E-state index in [1.165, 1.54) is 10.5 Å². The van der Waals surface area contributed by atoms with Crippen molar-refractivity contribution >= 4 is 23.4 Å². The summed E-state index contributed by atoms with van der Waals surface area (Å²) in [6.45, 7) is 2.40. The molecule has 0 aliphatic heterocycles. The molecule has 0 unspecified atom stereocenters. The predicted molar refractivity (Wildman–Crippen MR) is 85.6 cm³/mol. The van der Waals surface area contributed by atoms with Gasteiger partial charge in [-0.25, -0.2) is 0 Å². The lowest BCUT2D eigenvalue weighted by molar-refractivity contribution is 0.199. The molecular formula is C16H18ClNOS. The maximum atomic E-state index is 6.22. The number of hydrogen-bond donors (Lipinski definition) is 1. The minimum absolute atomic E-state index is 0.722. The Morgan fingerprint density at radius 1 is 1.05 bits per heavy atom. The molecule has 2 aromatic carbocycles. The van der Waals surface area contributed by atoms with Crippen LogP contribution in [0.15, 0.2) is 58.3 Å². The first-order chi connectivity index (χ1) is 9.81. The normalized spacial score (nSPS) is 10.7. The van der Waals surface area contributed by atoms with Crippen LogP contribution in [0.25, 0.3) is 0 Å². The monoisotopic (exact) mass is 307 g/mol. The molecule has 0 saturated carbocycles. The van der Waals surface area contributed by atoms with Crippen molar-refractivity contribution in [3.63, 3.8) is 0 Å². The van der Waals surface area contributed by atoms with Crippen molar-refractivity contribution in [1.82, 2.24) is 5.32 Å². The van der Waals surface area contributed by atoms with Crippen LogP contribution in [0.1, 0.15) is 5.56 Å². The smallest absolute Gasteiger partial charge is 0.0587 e. The Hall–Kier alpha value is -1.00. The van der Waals surface area contributed by atoms with E-state index in [2.05, 4.69) is 29.6 Å². The van der Waals surface area contributed by atoms with Crippen LogP contribution in [0.3, 0.4) is 0 Å². The van der Waals surface area contributed by atoms with E-state index in [0.717, 1.165) is 29.6 Å². The fraction of sp³-hybridized carbons (Fsp3) is 0.250. The Bertz CT molecular complexity index is 548. The van der Waals surface area contributed by atoms with Gasteiger partial charge in [0.05, 0.1) is 11.6 Å². The molecule has 0 bridgehead atoms. The van der Waals surface area contributed by atoms with Crippen LogP contribution in [-0.2, 0) is 11.3 Å². The average molecular weight is 308 g/mol. The molecule has 0 fully saturated rings. The van der Waals surface area contributed by atoms with Crippen LogP contribution in [-0.4, -0.2) is 20.3 Å². The van der Waals surface area contributed by atoms with Crippen LogP contribution in [0.2, 0.25) is 5.02 Å². The summed E-state index contributed by atoms with van der Waals surface area (Å²) in [5, 5.41) is 4.16. The highest BCUT2D eigenvalue weighted by molar-refractivity contribution is 7.99. The Balaban J connectivity index is 2.06. The van der Waals surface area contributed by atoms with Crippen molar-refractivity contribution in [2.24, 2.45) is 0 Å². The summed E-state index contributed by atoms with van der Waals surface area (Å²) in [5.41, 5.74) is 1.27. The lowest BCUT2D eigenvalue weighted by atomic mass is 10.2. The van der Waals surface area contributed by atoms with Gasteiger partial charge in [0, 0.05) is 30.0 Å². The molecule has 4 heteroatoms. The number of methoxy groups -OCH3 is 1. The van der Waals surface area contributed by atoms with E-state index < -0.39 is 0 Å². The molecule has 0 aliphatic carbocycles. The Morgan fingerprint density at radius 2 is 1.75 bits per heavy atom. The molecule has 0 aliphatic rings. The number of nitrogens with one attached hydrogen (secondary N) is 1. The second-order valence-corrected chi connectivity index (χ2v) is 5.80. The van der Waals surface area contributed by atoms with Crippen molar-refractivity contribution < 1.29 is 4.74 Å². The molecule has 2 aromatic rings. The number of hydrogen-bond acceptors (Lipinski definition) is 3. The zero-order valence-electron chi connectivity index (χ0n) is 11.4.